The SMILES string of the molecule is O=C(c1cccc(Br)c1)c1cccnc1C(=O)O. The first-order chi connectivity index (χ1) is 8.59. The third kappa shape index (κ3) is 2.46. The Morgan fingerprint density at radius 1 is 1.17 bits per heavy atom. The van der Waals surface area contributed by atoms with Crippen LogP contribution in [0.3, 0.4) is 0 Å². The third-order valence-electron chi connectivity index (χ3n) is 2.34. The van der Waals surface area contributed by atoms with Crippen LogP contribution in [-0.2, 0) is 0 Å². The molecule has 1 heterocycles. The number of nitrogens with zero attached hydrogens (tertiary/aromatic N) is 1. The van der Waals surface area contributed by atoms with Crippen molar-refractivity contribution >= 4 is 27.7 Å². The number of carbonyl (C=O) groups is 2. The third-order valence-corrected chi connectivity index (χ3v) is 2.83. The van der Waals surface area contributed by atoms with Crippen LogP contribution >= 0.6 is 15.9 Å². The predicted octanol–water partition coefficient (Wildman–Crippen LogP) is 2.77. The van der Waals surface area contributed by atoms with E-state index >= 15 is 0 Å². The summed E-state index contributed by atoms with van der Waals surface area (Å²) in [6.07, 6.45) is 1.35. The van der Waals surface area contributed by atoms with Crippen LogP contribution in [0.4, 0.5) is 0 Å². The summed E-state index contributed by atoms with van der Waals surface area (Å²) in [5.74, 6) is -1.57. The number of pyridine rings is 1. The van der Waals surface area contributed by atoms with Crippen molar-refractivity contribution in [3.63, 3.8) is 0 Å². The Balaban J connectivity index is 2.50. The highest BCUT2D eigenvalue weighted by atomic mass is 79.9. The number of halogens is 1. The highest BCUT2D eigenvalue weighted by Gasteiger charge is 2.18. The van der Waals surface area contributed by atoms with Crippen LogP contribution in [-0.4, -0.2) is 21.8 Å². The number of carboxylic acid groups (broad SMARTS) is 1. The molecule has 5 heteroatoms. The molecule has 0 spiro atoms. The first-order valence-corrected chi connectivity index (χ1v) is 5.87. The second-order valence-electron chi connectivity index (χ2n) is 3.54. The number of aromatic nitrogens is 1. The van der Waals surface area contributed by atoms with E-state index in [9.17, 15) is 9.59 Å². The minimum absolute atomic E-state index is 0.0862. The lowest BCUT2D eigenvalue weighted by Crippen LogP contribution is -2.11. The summed E-state index contributed by atoms with van der Waals surface area (Å²) in [4.78, 5) is 26.9. The van der Waals surface area contributed by atoms with Gasteiger partial charge in [-0.25, -0.2) is 9.78 Å². The molecule has 0 saturated carbocycles. The second-order valence-corrected chi connectivity index (χ2v) is 4.46. The van der Waals surface area contributed by atoms with Crippen LogP contribution < -0.4 is 0 Å². The van der Waals surface area contributed by atoms with Crippen LogP contribution in [0, 0.1) is 0 Å². The predicted molar refractivity (Wildman–Crippen MR) is 68.8 cm³/mol. The zero-order chi connectivity index (χ0) is 13.1. The lowest BCUT2D eigenvalue weighted by molar-refractivity contribution is 0.0686. The Bertz CT molecular complexity index is 625. The van der Waals surface area contributed by atoms with Crippen molar-refractivity contribution < 1.29 is 14.7 Å². The summed E-state index contributed by atoms with van der Waals surface area (Å²) in [6, 6.07) is 9.77. The van der Waals surface area contributed by atoms with Crippen LogP contribution in [0.15, 0.2) is 47.1 Å². The first-order valence-electron chi connectivity index (χ1n) is 5.08. The van der Waals surface area contributed by atoms with Crippen molar-refractivity contribution in [2.75, 3.05) is 0 Å². The van der Waals surface area contributed by atoms with Crippen molar-refractivity contribution in [1.82, 2.24) is 4.98 Å². The average molecular weight is 306 g/mol. The second kappa shape index (κ2) is 5.10. The topological polar surface area (TPSA) is 67.3 Å². The number of ketones is 1. The van der Waals surface area contributed by atoms with Gasteiger partial charge in [0.25, 0.3) is 0 Å². The highest BCUT2D eigenvalue weighted by Crippen LogP contribution is 2.17. The summed E-state index contributed by atoms with van der Waals surface area (Å²) in [5, 5.41) is 8.99. The Kier molecular flexibility index (Phi) is 3.53. The van der Waals surface area contributed by atoms with E-state index in [4.69, 9.17) is 5.11 Å². The monoisotopic (exact) mass is 305 g/mol. The molecular formula is C13H8BrNO3. The van der Waals surface area contributed by atoms with E-state index in [2.05, 4.69) is 20.9 Å². The van der Waals surface area contributed by atoms with E-state index in [1.807, 2.05) is 0 Å². The number of carboxylic acids is 1. The molecule has 90 valence electrons. The molecule has 0 aliphatic rings. The molecule has 1 aromatic heterocycles. The van der Waals surface area contributed by atoms with Gasteiger partial charge in [-0.15, -0.1) is 0 Å². The molecule has 2 aromatic rings. The highest BCUT2D eigenvalue weighted by molar-refractivity contribution is 9.10. The zero-order valence-electron chi connectivity index (χ0n) is 9.13. The van der Waals surface area contributed by atoms with Crippen molar-refractivity contribution in [3.8, 4) is 0 Å². The fourth-order valence-electron chi connectivity index (χ4n) is 1.54. The summed E-state index contributed by atoms with van der Waals surface area (Å²) >= 11 is 3.27. The van der Waals surface area contributed by atoms with Crippen molar-refractivity contribution in [1.29, 1.82) is 0 Å². The molecule has 0 unspecified atom stereocenters. The molecule has 1 aromatic carbocycles. The molecule has 4 nitrogen and oxygen atoms in total. The van der Waals surface area contributed by atoms with Crippen LogP contribution in [0.5, 0.6) is 0 Å². The maximum atomic E-state index is 12.2. The molecular weight excluding hydrogens is 298 g/mol. The van der Waals surface area contributed by atoms with E-state index < -0.39 is 5.97 Å². The van der Waals surface area contributed by atoms with Gasteiger partial charge in [0.15, 0.2) is 11.5 Å². The van der Waals surface area contributed by atoms with Gasteiger partial charge in [-0.2, -0.15) is 0 Å². The number of hydrogen-bond acceptors (Lipinski definition) is 3. The standard InChI is InChI=1S/C13H8BrNO3/c14-9-4-1-3-8(7-9)12(16)10-5-2-6-15-11(10)13(17)18/h1-7H,(H,17,18). The van der Waals surface area contributed by atoms with Crippen molar-refractivity contribution in [2.24, 2.45) is 0 Å². The van der Waals surface area contributed by atoms with Gasteiger partial charge in [0.1, 0.15) is 0 Å². The minimum Gasteiger partial charge on any atom is -0.476 e. The quantitative estimate of drug-likeness (QED) is 0.885. The molecule has 0 aliphatic carbocycles. The van der Waals surface area contributed by atoms with Gasteiger partial charge in [0, 0.05) is 16.2 Å². The number of rotatable bonds is 3. The molecule has 2 rings (SSSR count). The van der Waals surface area contributed by atoms with E-state index in [-0.39, 0.29) is 17.0 Å². The molecule has 0 fully saturated rings. The number of aromatic carboxylic acids is 1. The summed E-state index contributed by atoms with van der Waals surface area (Å²) < 4.78 is 0.758. The molecule has 0 radical (unpaired) electrons. The Morgan fingerprint density at radius 2 is 1.94 bits per heavy atom. The molecule has 0 saturated heterocycles. The fraction of sp³-hybridized carbons (Fsp3) is 0. The largest absolute Gasteiger partial charge is 0.476 e. The molecule has 0 bridgehead atoms. The molecule has 18 heavy (non-hydrogen) atoms. The van der Waals surface area contributed by atoms with E-state index in [0.29, 0.717) is 5.56 Å². The molecule has 1 N–H and O–H groups in total. The van der Waals surface area contributed by atoms with Gasteiger partial charge in [-0.05, 0) is 24.3 Å². The summed E-state index contributed by atoms with van der Waals surface area (Å²) in [6.45, 7) is 0. The Morgan fingerprint density at radius 3 is 2.61 bits per heavy atom. The van der Waals surface area contributed by atoms with Gasteiger partial charge in [-0.1, -0.05) is 28.1 Å². The lowest BCUT2D eigenvalue weighted by Gasteiger charge is -2.04. The van der Waals surface area contributed by atoms with E-state index in [1.165, 1.54) is 18.3 Å². The first kappa shape index (κ1) is 12.4. The minimum atomic E-state index is -1.21. The smallest absolute Gasteiger partial charge is 0.355 e. The molecule has 0 amide bonds. The van der Waals surface area contributed by atoms with Gasteiger partial charge in [0.05, 0.1) is 5.56 Å². The Hall–Kier alpha value is -2.01. The van der Waals surface area contributed by atoms with Crippen molar-refractivity contribution in [2.45, 2.75) is 0 Å². The molecule has 0 atom stereocenters. The van der Waals surface area contributed by atoms with Gasteiger partial charge < -0.3 is 5.11 Å². The summed E-state index contributed by atoms with van der Waals surface area (Å²) in [7, 11) is 0. The Labute approximate surface area is 111 Å². The van der Waals surface area contributed by atoms with Gasteiger partial charge in [0.2, 0.25) is 0 Å². The fourth-order valence-corrected chi connectivity index (χ4v) is 1.94. The van der Waals surface area contributed by atoms with Gasteiger partial charge >= 0.3 is 5.97 Å². The van der Waals surface area contributed by atoms with Crippen LogP contribution in [0.25, 0.3) is 0 Å². The maximum Gasteiger partial charge on any atom is 0.355 e. The van der Waals surface area contributed by atoms with Crippen LogP contribution in [0.1, 0.15) is 26.4 Å². The maximum absolute atomic E-state index is 12.2. The summed E-state index contributed by atoms with van der Waals surface area (Å²) in [5.41, 5.74) is 0.269. The average Bonchev–Trinajstić information content (AvgIpc) is 2.38. The van der Waals surface area contributed by atoms with Crippen molar-refractivity contribution in [3.05, 3.63) is 63.9 Å². The van der Waals surface area contributed by atoms with Gasteiger partial charge in [-0.3, -0.25) is 4.79 Å². The zero-order valence-corrected chi connectivity index (χ0v) is 10.7. The lowest BCUT2D eigenvalue weighted by atomic mass is 10.0. The molecule has 0 aliphatic heterocycles. The number of carbonyl (C=O) groups excluding carboxylic acids is 1. The number of benzene rings is 1. The van der Waals surface area contributed by atoms with E-state index in [0.717, 1.165) is 4.47 Å². The van der Waals surface area contributed by atoms with E-state index in [1.54, 1.807) is 24.3 Å². The van der Waals surface area contributed by atoms with Crippen LogP contribution in [0.2, 0.25) is 0 Å². The normalized spacial score (nSPS) is 10.1. The number of hydrogen-bond donors (Lipinski definition) is 1.